The van der Waals surface area contributed by atoms with Crippen molar-refractivity contribution in [1.29, 1.82) is 0 Å². The van der Waals surface area contributed by atoms with E-state index in [2.05, 4.69) is 9.97 Å². The van der Waals surface area contributed by atoms with Gasteiger partial charge in [-0.3, -0.25) is 4.98 Å². The van der Waals surface area contributed by atoms with Crippen LogP contribution in [0.5, 0.6) is 0 Å². The van der Waals surface area contributed by atoms with Crippen molar-refractivity contribution in [2.75, 3.05) is 0 Å². The highest BCUT2D eigenvalue weighted by Crippen LogP contribution is 2.18. The maximum absolute atomic E-state index is 12.9. The topological polar surface area (TPSA) is 25.8 Å². The normalized spacial score (nSPS) is 10.1. The monoisotopic (exact) mass is 188 g/mol. The Hall–Kier alpha value is -1.77. The van der Waals surface area contributed by atoms with E-state index in [1.807, 2.05) is 12.1 Å². The van der Waals surface area contributed by atoms with Crippen molar-refractivity contribution in [3.63, 3.8) is 0 Å². The van der Waals surface area contributed by atoms with E-state index >= 15 is 0 Å². The zero-order valence-corrected chi connectivity index (χ0v) is 7.74. The van der Waals surface area contributed by atoms with E-state index in [4.69, 9.17) is 0 Å². The molecule has 0 amide bonds. The molecule has 2 nitrogen and oxygen atoms in total. The molecule has 0 aliphatic rings. The molecule has 0 radical (unpaired) electrons. The molecule has 0 unspecified atom stereocenters. The average molecular weight is 188 g/mol. The molecule has 2 rings (SSSR count). The molecule has 0 saturated heterocycles. The summed E-state index contributed by atoms with van der Waals surface area (Å²) in [5.41, 5.74) is 2.46. The van der Waals surface area contributed by atoms with Crippen LogP contribution in [0.4, 0.5) is 4.39 Å². The van der Waals surface area contributed by atoms with E-state index in [0.717, 1.165) is 11.1 Å². The number of nitrogens with zero attached hydrogens (tertiary/aromatic N) is 2. The molecule has 0 saturated carbocycles. The number of hydrogen-bond donors (Lipinski definition) is 0. The number of rotatable bonds is 1. The van der Waals surface area contributed by atoms with Crippen LogP contribution in [-0.2, 0) is 0 Å². The minimum atomic E-state index is -0.414. The number of pyridine rings is 2. The molecule has 14 heavy (non-hydrogen) atoms. The first kappa shape index (κ1) is 8.81. The molecule has 0 aliphatic carbocycles. The SMILES string of the molecule is Cc1cc(-c2ccncc2)cnc1F. The van der Waals surface area contributed by atoms with Crippen LogP contribution in [0.1, 0.15) is 5.56 Å². The lowest BCUT2D eigenvalue weighted by molar-refractivity contribution is 0.575. The molecule has 0 fully saturated rings. The summed E-state index contributed by atoms with van der Waals surface area (Å²) in [4.78, 5) is 7.58. The van der Waals surface area contributed by atoms with Gasteiger partial charge in [-0.15, -0.1) is 0 Å². The minimum Gasteiger partial charge on any atom is -0.265 e. The van der Waals surface area contributed by atoms with Crippen molar-refractivity contribution < 1.29 is 4.39 Å². The number of aromatic nitrogens is 2. The summed E-state index contributed by atoms with van der Waals surface area (Å²) >= 11 is 0. The Labute approximate surface area is 81.5 Å². The van der Waals surface area contributed by atoms with Gasteiger partial charge in [0.25, 0.3) is 0 Å². The van der Waals surface area contributed by atoms with Gasteiger partial charge >= 0.3 is 0 Å². The van der Waals surface area contributed by atoms with Gasteiger partial charge in [0.05, 0.1) is 0 Å². The lowest BCUT2D eigenvalue weighted by Crippen LogP contribution is -1.89. The molecular formula is C11H9FN2. The first-order valence-corrected chi connectivity index (χ1v) is 4.30. The van der Waals surface area contributed by atoms with Crippen molar-refractivity contribution in [1.82, 2.24) is 9.97 Å². The third kappa shape index (κ3) is 1.62. The van der Waals surface area contributed by atoms with Crippen molar-refractivity contribution in [2.24, 2.45) is 0 Å². The van der Waals surface area contributed by atoms with Crippen LogP contribution in [0.15, 0.2) is 36.8 Å². The van der Waals surface area contributed by atoms with Crippen molar-refractivity contribution in [3.8, 4) is 11.1 Å². The summed E-state index contributed by atoms with van der Waals surface area (Å²) in [5.74, 6) is -0.414. The maximum atomic E-state index is 12.9. The summed E-state index contributed by atoms with van der Waals surface area (Å²) in [5, 5.41) is 0. The molecule has 2 heterocycles. The fourth-order valence-corrected chi connectivity index (χ4v) is 1.26. The Balaban J connectivity index is 2.48. The molecule has 0 N–H and O–H groups in total. The predicted molar refractivity (Wildman–Crippen MR) is 52.2 cm³/mol. The second-order valence-corrected chi connectivity index (χ2v) is 3.07. The van der Waals surface area contributed by atoms with E-state index in [0.29, 0.717) is 5.56 Å². The first-order valence-electron chi connectivity index (χ1n) is 4.30. The van der Waals surface area contributed by atoms with Crippen LogP contribution >= 0.6 is 0 Å². The second-order valence-electron chi connectivity index (χ2n) is 3.07. The fraction of sp³-hybridized carbons (Fsp3) is 0.0909. The van der Waals surface area contributed by atoms with Crippen molar-refractivity contribution in [2.45, 2.75) is 6.92 Å². The molecular weight excluding hydrogens is 179 g/mol. The van der Waals surface area contributed by atoms with E-state index in [1.54, 1.807) is 25.4 Å². The molecule has 2 aromatic heterocycles. The van der Waals surface area contributed by atoms with E-state index in [1.165, 1.54) is 6.20 Å². The molecule has 0 bridgehead atoms. The number of halogens is 1. The van der Waals surface area contributed by atoms with Gasteiger partial charge in [0, 0.05) is 29.7 Å². The van der Waals surface area contributed by atoms with Gasteiger partial charge in [-0.2, -0.15) is 4.39 Å². The Morgan fingerprint density at radius 3 is 2.50 bits per heavy atom. The number of hydrogen-bond acceptors (Lipinski definition) is 2. The summed E-state index contributed by atoms with van der Waals surface area (Å²) < 4.78 is 12.9. The Morgan fingerprint density at radius 2 is 1.86 bits per heavy atom. The molecule has 3 heteroatoms. The first-order chi connectivity index (χ1) is 6.77. The van der Waals surface area contributed by atoms with E-state index in [-0.39, 0.29) is 0 Å². The van der Waals surface area contributed by atoms with Gasteiger partial charge in [-0.1, -0.05) is 0 Å². The van der Waals surface area contributed by atoms with Crippen LogP contribution in [0, 0.1) is 12.9 Å². The average Bonchev–Trinajstić information content (AvgIpc) is 2.23. The van der Waals surface area contributed by atoms with E-state index in [9.17, 15) is 4.39 Å². The van der Waals surface area contributed by atoms with Gasteiger partial charge in [-0.25, -0.2) is 4.98 Å². The number of aryl methyl sites for hydroxylation is 1. The smallest absolute Gasteiger partial charge is 0.215 e. The zero-order chi connectivity index (χ0) is 9.97. The van der Waals surface area contributed by atoms with Crippen molar-refractivity contribution >= 4 is 0 Å². The van der Waals surface area contributed by atoms with Crippen molar-refractivity contribution in [3.05, 3.63) is 48.3 Å². The van der Waals surface area contributed by atoms with Gasteiger partial charge in [-0.05, 0) is 30.7 Å². The minimum absolute atomic E-state index is 0.414. The zero-order valence-electron chi connectivity index (χ0n) is 7.74. The van der Waals surface area contributed by atoms with Crippen LogP contribution in [-0.4, -0.2) is 9.97 Å². The molecule has 0 spiro atoms. The quantitative estimate of drug-likeness (QED) is 0.643. The summed E-state index contributed by atoms with van der Waals surface area (Å²) in [6, 6.07) is 5.51. The third-order valence-corrected chi connectivity index (χ3v) is 2.03. The standard InChI is InChI=1S/C11H9FN2/c1-8-6-10(7-14-11(8)12)9-2-4-13-5-3-9/h2-7H,1H3. The predicted octanol–water partition coefficient (Wildman–Crippen LogP) is 2.59. The van der Waals surface area contributed by atoms with Crippen LogP contribution < -0.4 is 0 Å². The lowest BCUT2D eigenvalue weighted by atomic mass is 10.1. The Bertz CT molecular complexity index is 440. The van der Waals surface area contributed by atoms with Gasteiger partial charge < -0.3 is 0 Å². The maximum Gasteiger partial charge on any atom is 0.215 e. The molecule has 0 aliphatic heterocycles. The van der Waals surface area contributed by atoms with Gasteiger partial charge in [0.2, 0.25) is 5.95 Å². The second kappa shape index (κ2) is 3.54. The van der Waals surface area contributed by atoms with Gasteiger partial charge in [0.1, 0.15) is 0 Å². The van der Waals surface area contributed by atoms with Crippen LogP contribution in [0.3, 0.4) is 0 Å². The summed E-state index contributed by atoms with van der Waals surface area (Å²) in [7, 11) is 0. The van der Waals surface area contributed by atoms with Gasteiger partial charge in [0.15, 0.2) is 0 Å². The fourth-order valence-electron chi connectivity index (χ4n) is 1.26. The lowest BCUT2D eigenvalue weighted by Gasteiger charge is -2.01. The van der Waals surface area contributed by atoms with Crippen LogP contribution in [0.25, 0.3) is 11.1 Å². The molecule has 0 atom stereocenters. The summed E-state index contributed by atoms with van der Waals surface area (Å²) in [6.07, 6.45) is 4.93. The highest BCUT2D eigenvalue weighted by Gasteiger charge is 2.01. The molecule has 0 aromatic carbocycles. The Morgan fingerprint density at radius 1 is 1.14 bits per heavy atom. The summed E-state index contributed by atoms with van der Waals surface area (Å²) in [6.45, 7) is 1.70. The highest BCUT2D eigenvalue weighted by atomic mass is 19.1. The third-order valence-electron chi connectivity index (χ3n) is 2.03. The Kier molecular flexibility index (Phi) is 2.23. The highest BCUT2D eigenvalue weighted by molar-refractivity contribution is 5.62. The largest absolute Gasteiger partial charge is 0.265 e. The van der Waals surface area contributed by atoms with E-state index < -0.39 is 5.95 Å². The molecule has 70 valence electrons. The molecule has 2 aromatic rings. The van der Waals surface area contributed by atoms with Crippen LogP contribution in [0.2, 0.25) is 0 Å².